The summed E-state index contributed by atoms with van der Waals surface area (Å²) < 4.78 is 19.7. The Morgan fingerprint density at radius 3 is 2.47 bits per heavy atom. The lowest BCUT2D eigenvalue weighted by Crippen LogP contribution is -2.27. The van der Waals surface area contributed by atoms with Gasteiger partial charge >= 0.3 is 6.09 Å². The van der Waals surface area contributed by atoms with Crippen LogP contribution in [0, 0.1) is 5.82 Å². The van der Waals surface area contributed by atoms with Crippen LogP contribution < -0.4 is 16.0 Å². The molecule has 0 spiro atoms. The number of ether oxygens (including phenoxy) is 1. The van der Waals surface area contributed by atoms with E-state index in [4.69, 9.17) is 16.3 Å². The Kier molecular flexibility index (Phi) is 7.18. The maximum absolute atomic E-state index is 14.5. The third-order valence-corrected chi connectivity index (χ3v) is 6.03. The van der Waals surface area contributed by atoms with Gasteiger partial charge in [-0.2, -0.15) is 5.10 Å². The number of rotatable bonds is 6. The van der Waals surface area contributed by atoms with Crippen LogP contribution in [0.5, 0.6) is 0 Å². The minimum absolute atomic E-state index is 0.0124. The van der Waals surface area contributed by atoms with E-state index in [9.17, 15) is 18.8 Å². The van der Waals surface area contributed by atoms with Crippen molar-refractivity contribution in [3.63, 3.8) is 0 Å². The highest BCUT2D eigenvalue weighted by Crippen LogP contribution is 2.38. The summed E-state index contributed by atoms with van der Waals surface area (Å²) in [6.07, 6.45) is 2.66. The molecule has 4 rings (SSSR count). The molecule has 3 N–H and O–H groups in total. The molecular formula is C23H22ClFN6O4S. The van der Waals surface area contributed by atoms with Crippen molar-refractivity contribution in [3.8, 4) is 0 Å². The summed E-state index contributed by atoms with van der Waals surface area (Å²) in [5.41, 5.74) is -0.182. The number of carbonyl (C=O) groups is 3. The van der Waals surface area contributed by atoms with Crippen molar-refractivity contribution in [2.45, 2.75) is 45.1 Å². The zero-order valence-corrected chi connectivity index (χ0v) is 21.1. The molecule has 0 saturated heterocycles. The first-order valence-corrected chi connectivity index (χ1v) is 12.1. The molecule has 10 nitrogen and oxygen atoms in total. The number of nitrogens with zero attached hydrogens (tertiary/aromatic N) is 3. The van der Waals surface area contributed by atoms with Crippen LogP contribution in [0.3, 0.4) is 0 Å². The van der Waals surface area contributed by atoms with Crippen LogP contribution in [0.2, 0.25) is 5.02 Å². The predicted molar refractivity (Wildman–Crippen MR) is 133 cm³/mol. The molecule has 36 heavy (non-hydrogen) atoms. The zero-order valence-electron chi connectivity index (χ0n) is 19.5. The Morgan fingerprint density at radius 2 is 1.83 bits per heavy atom. The molecule has 0 bridgehead atoms. The van der Waals surface area contributed by atoms with E-state index in [-0.39, 0.29) is 32.1 Å². The number of thiazole rings is 1. The van der Waals surface area contributed by atoms with Gasteiger partial charge < -0.3 is 15.4 Å². The number of nitrogens with one attached hydrogen (secondary N) is 3. The van der Waals surface area contributed by atoms with Gasteiger partial charge in [-0.3, -0.25) is 14.9 Å². The van der Waals surface area contributed by atoms with E-state index in [1.54, 1.807) is 32.9 Å². The predicted octanol–water partition coefficient (Wildman–Crippen LogP) is 5.45. The van der Waals surface area contributed by atoms with E-state index >= 15 is 0 Å². The van der Waals surface area contributed by atoms with Crippen LogP contribution >= 0.6 is 22.9 Å². The van der Waals surface area contributed by atoms with Gasteiger partial charge in [-0.25, -0.2) is 14.2 Å². The lowest BCUT2D eigenvalue weighted by Gasteiger charge is -2.18. The minimum Gasteiger partial charge on any atom is -0.444 e. The van der Waals surface area contributed by atoms with Crippen molar-refractivity contribution in [2.75, 3.05) is 16.0 Å². The number of benzene rings is 1. The van der Waals surface area contributed by atoms with E-state index in [0.29, 0.717) is 5.92 Å². The quantitative estimate of drug-likeness (QED) is 0.384. The maximum atomic E-state index is 14.5. The van der Waals surface area contributed by atoms with Crippen LogP contribution in [0.15, 0.2) is 30.5 Å². The van der Waals surface area contributed by atoms with E-state index in [0.717, 1.165) is 42.0 Å². The molecule has 188 valence electrons. The van der Waals surface area contributed by atoms with Gasteiger partial charge in [0, 0.05) is 5.92 Å². The van der Waals surface area contributed by atoms with Crippen LogP contribution in [0.4, 0.5) is 25.8 Å². The number of carbonyl (C=O) groups excluding carboxylic acids is 3. The fourth-order valence-corrected chi connectivity index (χ4v) is 3.92. The van der Waals surface area contributed by atoms with E-state index in [2.05, 4.69) is 31.1 Å². The van der Waals surface area contributed by atoms with Gasteiger partial charge in [0.05, 0.1) is 28.2 Å². The summed E-state index contributed by atoms with van der Waals surface area (Å²) in [5, 5.41) is 15.5. The number of anilines is 3. The van der Waals surface area contributed by atoms with Crippen LogP contribution in [0.1, 0.15) is 65.3 Å². The molecule has 1 fully saturated rings. The molecule has 1 saturated carbocycles. The van der Waals surface area contributed by atoms with Crippen LogP contribution in [-0.2, 0) is 4.74 Å². The third-order valence-electron chi connectivity index (χ3n) is 4.81. The van der Waals surface area contributed by atoms with Crippen LogP contribution in [-0.4, -0.2) is 38.7 Å². The summed E-state index contributed by atoms with van der Waals surface area (Å²) in [4.78, 5) is 41.3. The topological polar surface area (TPSA) is 135 Å². The second-order valence-corrected chi connectivity index (χ2v) is 10.4. The number of hydrogen-bond donors (Lipinski definition) is 3. The smallest absolute Gasteiger partial charge is 0.413 e. The summed E-state index contributed by atoms with van der Waals surface area (Å²) in [6.45, 7) is 5.14. The Labute approximate surface area is 214 Å². The van der Waals surface area contributed by atoms with Gasteiger partial charge in [0.15, 0.2) is 10.9 Å². The first kappa shape index (κ1) is 25.5. The summed E-state index contributed by atoms with van der Waals surface area (Å²) in [5.74, 6) is -1.70. The molecule has 2 aromatic heterocycles. The van der Waals surface area contributed by atoms with Crippen molar-refractivity contribution in [2.24, 2.45) is 0 Å². The molecule has 0 radical (unpaired) electrons. The molecule has 3 aromatic rings. The number of amides is 3. The Bertz CT molecular complexity index is 1320. The van der Waals surface area contributed by atoms with Gasteiger partial charge in [-0.1, -0.05) is 22.9 Å². The molecule has 1 aromatic carbocycles. The SMILES string of the molecule is CC(C)(C)OC(=O)Nc1ncc(C(=O)Nc2cc(C(=O)Nc3ccc(C4CC4)nn3)c(F)cc2Cl)s1. The monoisotopic (exact) mass is 532 g/mol. The van der Waals surface area contributed by atoms with Crippen molar-refractivity contribution in [1.82, 2.24) is 15.2 Å². The molecule has 13 heteroatoms. The molecule has 1 aliphatic carbocycles. The number of aromatic nitrogens is 3. The summed E-state index contributed by atoms with van der Waals surface area (Å²) in [6, 6.07) is 5.42. The van der Waals surface area contributed by atoms with Crippen molar-refractivity contribution >= 4 is 57.5 Å². The first-order valence-electron chi connectivity index (χ1n) is 10.9. The summed E-state index contributed by atoms with van der Waals surface area (Å²) in [7, 11) is 0. The van der Waals surface area contributed by atoms with Crippen molar-refractivity contribution < 1.29 is 23.5 Å². The second kappa shape index (κ2) is 10.2. The number of halogens is 2. The van der Waals surface area contributed by atoms with E-state index in [1.807, 2.05) is 0 Å². The van der Waals surface area contributed by atoms with E-state index in [1.165, 1.54) is 6.20 Å². The maximum Gasteiger partial charge on any atom is 0.413 e. The highest BCUT2D eigenvalue weighted by atomic mass is 35.5. The fourth-order valence-electron chi connectivity index (χ4n) is 3.02. The highest BCUT2D eigenvalue weighted by Gasteiger charge is 2.25. The minimum atomic E-state index is -0.875. The molecule has 0 unspecified atom stereocenters. The van der Waals surface area contributed by atoms with Gasteiger partial charge in [0.1, 0.15) is 16.3 Å². The molecular weight excluding hydrogens is 511 g/mol. The van der Waals surface area contributed by atoms with E-state index < -0.39 is 29.3 Å². The van der Waals surface area contributed by atoms with Gasteiger partial charge in [-0.15, -0.1) is 5.10 Å². The second-order valence-electron chi connectivity index (χ2n) is 8.99. The third kappa shape index (κ3) is 6.52. The zero-order chi connectivity index (χ0) is 26.0. The highest BCUT2D eigenvalue weighted by molar-refractivity contribution is 7.17. The fraction of sp³-hybridized carbons (Fsp3) is 0.304. The average Bonchev–Trinajstić information content (AvgIpc) is 3.53. The molecule has 0 atom stereocenters. The Hall–Kier alpha value is -3.64. The largest absolute Gasteiger partial charge is 0.444 e. The number of hydrogen-bond acceptors (Lipinski definition) is 8. The average molecular weight is 533 g/mol. The standard InChI is InChI=1S/C23H22ClFN6O4S/c1-23(2,3)35-22(34)29-21-26-10-17(36-21)20(33)27-16-8-12(14(25)9-13(16)24)19(32)28-18-7-6-15(30-31-18)11-4-5-11/h6-11H,4-5H2,1-3H3,(H,27,33)(H,26,29,34)(H,28,31,32). The van der Waals surface area contributed by atoms with Gasteiger partial charge in [0.2, 0.25) is 0 Å². The van der Waals surface area contributed by atoms with Gasteiger partial charge in [-0.05, 0) is 57.9 Å². The lowest BCUT2D eigenvalue weighted by molar-refractivity contribution is 0.0635. The molecule has 2 heterocycles. The summed E-state index contributed by atoms with van der Waals surface area (Å²) >= 11 is 6.99. The Morgan fingerprint density at radius 1 is 1.08 bits per heavy atom. The lowest BCUT2D eigenvalue weighted by atomic mass is 10.1. The molecule has 1 aliphatic rings. The normalized spacial score (nSPS) is 13.1. The first-order chi connectivity index (χ1) is 17.0. The van der Waals surface area contributed by atoms with Crippen LogP contribution in [0.25, 0.3) is 0 Å². The molecule has 3 amide bonds. The van der Waals surface area contributed by atoms with Gasteiger partial charge in [0.25, 0.3) is 11.8 Å². The Balaban J connectivity index is 1.43. The molecule has 0 aliphatic heterocycles. The van der Waals surface area contributed by atoms with Crippen molar-refractivity contribution in [3.05, 3.63) is 57.4 Å². The van der Waals surface area contributed by atoms with Crippen molar-refractivity contribution in [1.29, 1.82) is 0 Å².